The zero-order valence-electron chi connectivity index (χ0n) is 8.52. The number of para-hydroxylation sites is 1. The van der Waals surface area contributed by atoms with Crippen LogP contribution < -0.4 is 0 Å². The van der Waals surface area contributed by atoms with Crippen molar-refractivity contribution < 1.29 is 4.42 Å². The average Bonchev–Trinajstić information content (AvgIpc) is 2.76. The van der Waals surface area contributed by atoms with Gasteiger partial charge in [0.25, 0.3) is 0 Å². The smallest absolute Gasteiger partial charge is 0.164 e. The molecule has 0 bridgehead atoms. The number of rotatable bonds is 1. The predicted molar refractivity (Wildman–Crippen MR) is 75.0 cm³/mol. The summed E-state index contributed by atoms with van der Waals surface area (Å²) in [6.07, 6.45) is 3.36. The predicted octanol–water partition coefficient (Wildman–Crippen LogP) is 4.15. The normalized spacial score (nSPS) is 10.9. The largest absolute Gasteiger partial charge is 0.464 e. The third-order valence-corrected chi connectivity index (χ3v) is 3.82. The van der Waals surface area contributed by atoms with Gasteiger partial charge < -0.3 is 4.42 Å². The van der Waals surface area contributed by atoms with E-state index in [1.807, 2.05) is 24.3 Å². The Kier molecular flexibility index (Phi) is 2.76. The molecule has 84 valence electrons. The van der Waals surface area contributed by atoms with Gasteiger partial charge in [0.05, 0.1) is 9.13 Å². The highest BCUT2D eigenvalue weighted by molar-refractivity contribution is 14.1. The van der Waals surface area contributed by atoms with Crippen molar-refractivity contribution in [2.75, 3.05) is 0 Å². The first-order chi connectivity index (χ1) is 8.25. The summed E-state index contributed by atoms with van der Waals surface area (Å²) < 4.78 is 6.28. The van der Waals surface area contributed by atoms with Crippen LogP contribution >= 0.6 is 34.2 Å². The number of furan rings is 1. The average molecular weight is 357 g/mol. The second-order valence-electron chi connectivity index (χ2n) is 3.48. The van der Waals surface area contributed by atoms with Crippen molar-refractivity contribution in [2.45, 2.75) is 0 Å². The Morgan fingerprint density at radius 1 is 1.24 bits per heavy atom. The Balaban J connectivity index is 2.24. The quantitative estimate of drug-likeness (QED) is 0.486. The fourth-order valence-electron chi connectivity index (χ4n) is 1.63. The van der Waals surface area contributed by atoms with E-state index >= 15 is 0 Å². The van der Waals surface area contributed by atoms with Crippen molar-refractivity contribution in [3.63, 3.8) is 0 Å². The number of nitrogens with zero attached hydrogens (tertiary/aromatic N) is 2. The molecule has 1 aromatic carbocycles. The van der Waals surface area contributed by atoms with Crippen molar-refractivity contribution in [2.24, 2.45) is 0 Å². The van der Waals surface area contributed by atoms with Crippen LogP contribution in [0.15, 0.2) is 41.1 Å². The second kappa shape index (κ2) is 4.27. The van der Waals surface area contributed by atoms with Gasteiger partial charge in [-0.1, -0.05) is 29.8 Å². The minimum absolute atomic E-state index is 0.459. The summed E-state index contributed by atoms with van der Waals surface area (Å²) >= 11 is 8.09. The summed E-state index contributed by atoms with van der Waals surface area (Å²) in [6, 6.07) is 7.77. The van der Waals surface area contributed by atoms with E-state index in [0.29, 0.717) is 11.0 Å². The zero-order chi connectivity index (χ0) is 11.8. The highest BCUT2D eigenvalue weighted by Gasteiger charge is 2.11. The molecule has 0 fully saturated rings. The number of benzene rings is 1. The molecule has 0 saturated carbocycles. The van der Waals surface area contributed by atoms with Crippen LogP contribution in [0.1, 0.15) is 0 Å². The van der Waals surface area contributed by atoms with Gasteiger partial charge >= 0.3 is 0 Å². The maximum Gasteiger partial charge on any atom is 0.164 e. The third-order valence-electron chi connectivity index (χ3n) is 2.42. The first kappa shape index (κ1) is 11.0. The van der Waals surface area contributed by atoms with E-state index in [9.17, 15) is 0 Å². The van der Waals surface area contributed by atoms with E-state index < -0.39 is 0 Å². The Morgan fingerprint density at radius 3 is 2.88 bits per heavy atom. The van der Waals surface area contributed by atoms with Gasteiger partial charge in [0, 0.05) is 11.6 Å². The molecule has 0 saturated heterocycles. The molecule has 0 aliphatic rings. The molecule has 2 heterocycles. The maximum absolute atomic E-state index is 5.99. The van der Waals surface area contributed by atoms with Crippen molar-refractivity contribution >= 4 is 45.2 Å². The van der Waals surface area contributed by atoms with Crippen LogP contribution in [0, 0.1) is 3.57 Å². The van der Waals surface area contributed by atoms with Gasteiger partial charge in [-0.2, -0.15) is 0 Å². The van der Waals surface area contributed by atoms with E-state index in [0.717, 1.165) is 20.1 Å². The minimum atomic E-state index is 0.459. The Morgan fingerprint density at radius 2 is 2.06 bits per heavy atom. The van der Waals surface area contributed by atoms with Gasteiger partial charge in [0.15, 0.2) is 5.82 Å². The Hall–Kier alpha value is -1.14. The molecule has 0 N–H and O–H groups in total. The zero-order valence-corrected chi connectivity index (χ0v) is 11.4. The van der Waals surface area contributed by atoms with Crippen LogP contribution in [0.2, 0.25) is 5.15 Å². The topological polar surface area (TPSA) is 38.9 Å². The fourth-order valence-corrected chi connectivity index (χ4v) is 2.02. The van der Waals surface area contributed by atoms with Crippen molar-refractivity contribution in [3.05, 3.63) is 45.4 Å². The minimum Gasteiger partial charge on any atom is -0.464 e. The molecule has 17 heavy (non-hydrogen) atoms. The first-order valence-corrected chi connectivity index (χ1v) is 6.36. The first-order valence-electron chi connectivity index (χ1n) is 4.90. The monoisotopic (exact) mass is 356 g/mol. The highest BCUT2D eigenvalue weighted by atomic mass is 127. The summed E-state index contributed by atoms with van der Waals surface area (Å²) in [5.74, 6) is 0.584. The van der Waals surface area contributed by atoms with Gasteiger partial charge in [-0.25, -0.2) is 9.97 Å². The van der Waals surface area contributed by atoms with Gasteiger partial charge in [0.1, 0.15) is 17.0 Å². The maximum atomic E-state index is 5.99. The van der Waals surface area contributed by atoms with Gasteiger partial charge in [-0.05, 0) is 28.7 Å². The van der Waals surface area contributed by atoms with Gasteiger partial charge in [-0.15, -0.1) is 0 Å². The number of fused-ring (bicyclic) bond motifs is 1. The molecule has 0 amide bonds. The molecule has 5 heteroatoms. The van der Waals surface area contributed by atoms with Crippen LogP contribution in [0.3, 0.4) is 0 Å². The van der Waals surface area contributed by atoms with Crippen LogP contribution in [0.25, 0.3) is 22.4 Å². The van der Waals surface area contributed by atoms with E-state index in [1.165, 1.54) is 0 Å². The molecule has 0 unspecified atom stereocenters. The lowest BCUT2D eigenvalue weighted by Crippen LogP contribution is -1.90. The van der Waals surface area contributed by atoms with Crippen LogP contribution in [0.5, 0.6) is 0 Å². The molecule has 0 atom stereocenters. The van der Waals surface area contributed by atoms with E-state index in [4.69, 9.17) is 16.0 Å². The van der Waals surface area contributed by atoms with Crippen molar-refractivity contribution in [3.8, 4) is 11.4 Å². The molecule has 3 aromatic rings. The second-order valence-corrected chi connectivity index (χ2v) is 5.00. The van der Waals surface area contributed by atoms with Crippen LogP contribution in [-0.4, -0.2) is 9.97 Å². The van der Waals surface area contributed by atoms with E-state index in [1.54, 1.807) is 12.5 Å². The summed E-state index contributed by atoms with van der Waals surface area (Å²) in [4.78, 5) is 8.52. The lowest BCUT2D eigenvalue weighted by Gasteiger charge is -1.99. The van der Waals surface area contributed by atoms with Crippen LogP contribution in [-0.2, 0) is 0 Å². The molecule has 0 spiro atoms. The molecule has 3 rings (SSSR count). The van der Waals surface area contributed by atoms with E-state index in [-0.39, 0.29) is 0 Å². The van der Waals surface area contributed by atoms with Crippen molar-refractivity contribution in [1.29, 1.82) is 0 Å². The summed E-state index contributed by atoms with van der Waals surface area (Å²) in [7, 11) is 0. The summed E-state index contributed by atoms with van der Waals surface area (Å²) in [5, 5.41) is 1.45. The molecular weight excluding hydrogens is 351 g/mol. The number of halogens is 2. The Labute approximate surface area is 116 Å². The summed E-state index contributed by atoms with van der Waals surface area (Å²) in [5.41, 5.74) is 1.68. The molecule has 0 aliphatic carbocycles. The molecule has 0 aliphatic heterocycles. The Bertz CT molecular complexity index is 696. The number of aromatic nitrogens is 2. The molecule has 3 nitrogen and oxygen atoms in total. The van der Waals surface area contributed by atoms with Crippen LogP contribution in [0.4, 0.5) is 0 Å². The summed E-state index contributed by atoms with van der Waals surface area (Å²) in [6.45, 7) is 0. The standard InChI is InChI=1S/C12H6ClIN2O/c13-11-9(14)5-15-12(16-11)8-6-17-10-4-2-1-3-7(8)10/h1-6H. The van der Waals surface area contributed by atoms with Crippen molar-refractivity contribution in [1.82, 2.24) is 9.97 Å². The van der Waals surface area contributed by atoms with E-state index in [2.05, 4.69) is 32.6 Å². The number of hydrogen-bond donors (Lipinski definition) is 0. The lowest BCUT2D eigenvalue weighted by atomic mass is 10.1. The fraction of sp³-hybridized carbons (Fsp3) is 0. The van der Waals surface area contributed by atoms with Gasteiger partial charge in [-0.3, -0.25) is 0 Å². The molecule has 0 radical (unpaired) electrons. The highest BCUT2D eigenvalue weighted by Crippen LogP contribution is 2.29. The lowest BCUT2D eigenvalue weighted by molar-refractivity contribution is 0.616. The van der Waals surface area contributed by atoms with Gasteiger partial charge in [0.2, 0.25) is 0 Å². The third kappa shape index (κ3) is 1.91. The SMILES string of the molecule is Clc1nc(-c2coc3ccccc23)ncc1I. The molecule has 2 aromatic heterocycles. The number of hydrogen-bond acceptors (Lipinski definition) is 3. The molecular formula is C12H6ClIN2O.